The van der Waals surface area contributed by atoms with Crippen molar-refractivity contribution in [1.82, 2.24) is 14.7 Å². The van der Waals surface area contributed by atoms with E-state index in [2.05, 4.69) is 15.3 Å². The third-order valence-corrected chi connectivity index (χ3v) is 5.89. The van der Waals surface area contributed by atoms with Crippen molar-refractivity contribution in [2.24, 2.45) is 0 Å². The summed E-state index contributed by atoms with van der Waals surface area (Å²) in [5.41, 5.74) is 0.737. The van der Waals surface area contributed by atoms with Crippen LogP contribution in [-0.2, 0) is 12.7 Å². The van der Waals surface area contributed by atoms with Gasteiger partial charge in [-0.3, -0.25) is 9.69 Å². The number of likely N-dealkylation sites (tertiary alicyclic amines) is 1. The van der Waals surface area contributed by atoms with Crippen molar-refractivity contribution in [3.63, 3.8) is 0 Å². The van der Waals surface area contributed by atoms with Crippen molar-refractivity contribution in [3.05, 3.63) is 87.3 Å². The second kappa shape index (κ2) is 9.34. The van der Waals surface area contributed by atoms with E-state index in [0.717, 1.165) is 32.0 Å². The molecule has 1 saturated heterocycles. The van der Waals surface area contributed by atoms with E-state index in [4.69, 9.17) is 11.6 Å². The Morgan fingerprint density at radius 2 is 1.78 bits per heavy atom. The predicted octanol–water partition coefficient (Wildman–Crippen LogP) is 4.98. The van der Waals surface area contributed by atoms with E-state index >= 15 is 0 Å². The minimum atomic E-state index is -4.34. The Kier molecular flexibility index (Phi) is 6.53. The molecule has 2 aromatic carbocycles. The molecule has 0 unspecified atom stereocenters. The average molecular weight is 463 g/mol. The number of alkyl halides is 3. The van der Waals surface area contributed by atoms with Crippen LogP contribution in [0.4, 0.5) is 18.9 Å². The zero-order valence-corrected chi connectivity index (χ0v) is 17.9. The van der Waals surface area contributed by atoms with Gasteiger partial charge < -0.3 is 5.32 Å². The zero-order chi connectivity index (χ0) is 22.7. The van der Waals surface area contributed by atoms with Gasteiger partial charge in [0.25, 0.3) is 5.56 Å². The van der Waals surface area contributed by atoms with Crippen LogP contribution in [0.1, 0.15) is 24.0 Å². The molecular weight excluding hydrogens is 441 g/mol. The smallest absolute Gasteiger partial charge is 0.380 e. The Balaban J connectivity index is 1.36. The summed E-state index contributed by atoms with van der Waals surface area (Å²) in [6.45, 7) is 1.91. The first-order valence-electron chi connectivity index (χ1n) is 10.3. The quantitative estimate of drug-likeness (QED) is 0.581. The molecule has 168 valence electrons. The third kappa shape index (κ3) is 5.14. The molecule has 0 aliphatic carbocycles. The number of hydrogen-bond acceptors (Lipinski definition) is 4. The molecule has 0 bridgehead atoms. The van der Waals surface area contributed by atoms with Crippen LogP contribution in [0, 0.1) is 0 Å². The molecule has 3 aromatic rings. The highest BCUT2D eigenvalue weighted by atomic mass is 35.5. The molecule has 0 atom stereocenters. The number of piperidine rings is 1. The summed E-state index contributed by atoms with van der Waals surface area (Å²) in [5, 5.41) is 7.61. The normalized spacial score (nSPS) is 15.6. The molecule has 1 aliphatic rings. The van der Waals surface area contributed by atoms with E-state index in [9.17, 15) is 18.0 Å². The van der Waals surface area contributed by atoms with Crippen molar-refractivity contribution in [2.45, 2.75) is 31.6 Å². The molecule has 1 aromatic heterocycles. The van der Waals surface area contributed by atoms with Crippen molar-refractivity contribution < 1.29 is 13.2 Å². The van der Waals surface area contributed by atoms with Gasteiger partial charge in [-0.15, -0.1) is 0 Å². The molecule has 0 saturated carbocycles. The van der Waals surface area contributed by atoms with Gasteiger partial charge in [0, 0.05) is 25.7 Å². The SMILES string of the molecule is O=c1c(Cl)c(NC2CCN(Cc3cccc(C(F)(F)F)c3)CC2)cnn1-c1ccccc1. The Hall–Kier alpha value is -2.84. The summed E-state index contributed by atoms with van der Waals surface area (Å²) >= 11 is 6.32. The highest BCUT2D eigenvalue weighted by Gasteiger charge is 2.30. The number of nitrogens with zero attached hydrogens (tertiary/aromatic N) is 3. The fourth-order valence-corrected chi connectivity index (χ4v) is 4.03. The average Bonchev–Trinajstić information content (AvgIpc) is 2.78. The zero-order valence-electron chi connectivity index (χ0n) is 17.1. The maximum absolute atomic E-state index is 12.9. The van der Waals surface area contributed by atoms with Crippen LogP contribution in [-0.4, -0.2) is 33.8 Å². The summed E-state index contributed by atoms with van der Waals surface area (Å²) in [4.78, 5) is 14.8. The maximum atomic E-state index is 12.9. The van der Waals surface area contributed by atoms with Crippen molar-refractivity contribution in [2.75, 3.05) is 18.4 Å². The molecule has 4 rings (SSSR count). The molecule has 0 radical (unpaired) electrons. The van der Waals surface area contributed by atoms with E-state index in [1.807, 2.05) is 18.2 Å². The number of para-hydroxylation sites is 1. The lowest BCUT2D eigenvalue weighted by molar-refractivity contribution is -0.137. The lowest BCUT2D eigenvalue weighted by atomic mass is 10.0. The monoisotopic (exact) mass is 462 g/mol. The Morgan fingerprint density at radius 1 is 1.06 bits per heavy atom. The summed E-state index contributed by atoms with van der Waals surface area (Å²) in [5.74, 6) is 0. The molecule has 1 aliphatic heterocycles. The number of rotatable bonds is 5. The molecular formula is C23H22ClF3N4O. The van der Waals surface area contributed by atoms with Gasteiger partial charge in [0.05, 0.1) is 23.1 Å². The third-order valence-electron chi connectivity index (χ3n) is 5.53. The van der Waals surface area contributed by atoms with Gasteiger partial charge in [0.1, 0.15) is 5.02 Å². The topological polar surface area (TPSA) is 50.2 Å². The van der Waals surface area contributed by atoms with Crippen LogP contribution in [0.2, 0.25) is 5.02 Å². The standard InChI is InChI=1S/C23H22ClF3N4O/c24-21-20(14-28-31(22(21)32)19-7-2-1-3-8-19)29-18-9-11-30(12-10-18)15-16-5-4-6-17(13-16)23(25,26)27/h1-8,13-14,18,29H,9-12,15H2. The van der Waals surface area contributed by atoms with Gasteiger partial charge >= 0.3 is 6.18 Å². The summed E-state index contributed by atoms with van der Waals surface area (Å²) in [6, 6.07) is 14.6. The molecule has 1 N–H and O–H groups in total. The van der Waals surface area contributed by atoms with E-state index in [-0.39, 0.29) is 11.1 Å². The van der Waals surface area contributed by atoms with Gasteiger partial charge in [-0.25, -0.2) is 0 Å². The lowest BCUT2D eigenvalue weighted by Crippen LogP contribution is -2.39. The van der Waals surface area contributed by atoms with Crippen LogP contribution in [0.5, 0.6) is 0 Å². The second-order valence-electron chi connectivity index (χ2n) is 7.82. The summed E-state index contributed by atoms with van der Waals surface area (Å²) < 4.78 is 40.0. The van der Waals surface area contributed by atoms with Gasteiger partial charge in [0.2, 0.25) is 0 Å². The first kappa shape index (κ1) is 22.4. The van der Waals surface area contributed by atoms with E-state index in [1.54, 1.807) is 24.4 Å². The number of benzene rings is 2. The highest BCUT2D eigenvalue weighted by Crippen LogP contribution is 2.30. The highest BCUT2D eigenvalue weighted by molar-refractivity contribution is 6.33. The largest absolute Gasteiger partial charge is 0.416 e. The molecule has 32 heavy (non-hydrogen) atoms. The Bertz CT molecular complexity index is 1130. The number of hydrogen-bond donors (Lipinski definition) is 1. The number of anilines is 1. The van der Waals surface area contributed by atoms with Crippen LogP contribution < -0.4 is 10.9 Å². The van der Waals surface area contributed by atoms with Crippen molar-refractivity contribution in [1.29, 1.82) is 0 Å². The van der Waals surface area contributed by atoms with Crippen LogP contribution >= 0.6 is 11.6 Å². The van der Waals surface area contributed by atoms with Gasteiger partial charge in [-0.05, 0) is 36.6 Å². The molecule has 5 nitrogen and oxygen atoms in total. The van der Waals surface area contributed by atoms with Gasteiger partial charge in [-0.2, -0.15) is 23.0 Å². The fourth-order valence-electron chi connectivity index (χ4n) is 3.85. The first-order chi connectivity index (χ1) is 15.3. The molecule has 9 heteroatoms. The minimum Gasteiger partial charge on any atom is -0.380 e. The van der Waals surface area contributed by atoms with E-state index in [0.29, 0.717) is 23.5 Å². The molecule has 0 spiro atoms. The van der Waals surface area contributed by atoms with E-state index < -0.39 is 17.3 Å². The molecule has 0 amide bonds. The van der Waals surface area contributed by atoms with Crippen LogP contribution in [0.25, 0.3) is 5.69 Å². The second-order valence-corrected chi connectivity index (χ2v) is 8.20. The number of nitrogens with one attached hydrogen (secondary N) is 1. The minimum absolute atomic E-state index is 0.0789. The van der Waals surface area contributed by atoms with Crippen molar-refractivity contribution in [3.8, 4) is 5.69 Å². The predicted molar refractivity (Wildman–Crippen MR) is 118 cm³/mol. The van der Waals surface area contributed by atoms with E-state index in [1.165, 1.54) is 16.8 Å². The Labute approximate surface area is 188 Å². The number of halogens is 4. The summed E-state index contributed by atoms with van der Waals surface area (Å²) in [7, 11) is 0. The summed E-state index contributed by atoms with van der Waals surface area (Å²) in [6.07, 6.45) is -1.24. The van der Waals surface area contributed by atoms with Crippen LogP contribution in [0.15, 0.2) is 65.6 Å². The first-order valence-corrected chi connectivity index (χ1v) is 10.7. The maximum Gasteiger partial charge on any atom is 0.416 e. The van der Waals surface area contributed by atoms with Crippen LogP contribution in [0.3, 0.4) is 0 Å². The molecule has 1 fully saturated rings. The van der Waals surface area contributed by atoms with Gasteiger partial charge in [0.15, 0.2) is 0 Å². The van der Waals surface area contributed by atoms with Crippen molar-refractivity contribution >= 4 is 17.3 Å². The lowest BCUT2D eigenvalue weighted by Gasteiger charge is -2.33. The van der Waals surface area contributed by atoms with Gasteiger partial charge in [-0.1, -0.05) is 48.0 Å². The molecule has 2 heterocycles. The Morgan fingerprint density at radius 3 is 2.47 bits per heavy atom. The number of aromatic nitrogens is 2. The fraction of sp³-hybridized carbons (Fsp3) is 0.304.